The molecule has 21 heavy (non-hydrogen) atoms. The molecule has 2 unspecified atom stereocenters. The molecule has 0 aromatic heterocycles. The maximum atomic E-state index is 12.8. The molecule has 1 fully saturated rings. The first-order valence-electron chi connectivity index (χ1n) is 7.84. The summed E-state index contributed by atoms with van der Waals surface area (Å²) in [4.78, 5) is 11.1. The van der Waals surface area contributed by atoms with Crippen LogP contribution in [0.5, 0.6) is 0 Å². The lowest BCUT2D eigenvalue weighted by atomic mass is 10.0. The fourth-order valence-electron chi connectivity index (χ4n) is 2.58. The Bertz CT molecular complexity index is 438. The molecule has 0 bridgehead atoms. The third-order valence-corrected chi connectivity index (χ3v) is 6.29. The summed E-state index contributed by atoms with van der Waals surface area (Å²) in [6, 6.07) is -0.0632. The van der Waals surface area contributed by atoms with Gasteiger partial charge in [-0.05, 0) is 32.6 Å². The predicted molar refractivity (Wildman–Crippen MR) is 82.2 cm³/mol. The van der Waals surface area contributed by atoms with Gasteiger partial charge in [0.25, 0.3) is 10.2 Å². The fourth-order valence-corrected chi connectivity index (χ4v) is 4.57. The Morgan fingerprint density at radius 3 is 2.62 bits per heavy atom. The van der Waals surface area contributed by atoms with Crippen molar-refractivity contribution in [1.82, 2.24) is 8.61 Å². The van der Waals surface area contributed by atoms with Gasteiger partial charge in [0.1, 0.15) is 0 Å². The first-order chi connectivity index (χ1) is 9.84. The number of carbonyl (C=O) groups is 1. The van der Waals surface area contributed by atoms with Gasteiger partial charge in [-0.25, -0.2) is 0 Å². The van der Waals surface area contributed by atoms with Crippen LogP contribution in [0.15, 0.2) is 0 Å². The fraction of sp³-hybridized carbons (Fsp3) is 0.929. The van der Waals surface area contributed by atoms with E-state index in [0.717, 1.165) is 19.3 Å². The summed E-state index contributed by atoms with van der Waals surface area (Å²) < 4.78 is 28.5. The van der Waals surface area contributed by atoms with Crippen molar-refractivity contribution < 1.29 is 18.3 Å². The summed E-state index contributed by atoms with van der Waals surface area (Å²) in [6.45, 7) is 6.92. The molecule has 0 aromatic rings. The van der Waals surface area contributed by atoms with Crippen LogP contribution < -0.4 is 0 Å². The van der Waals surface area contributed by atoms with Gasteiger partial charge in [0.15, 0.2) is 0 Å². The Kier molecular flexibility index (Phi) is 7.09. The van der Waals surface area contributed by atoms with Crippen LogP contribution in [0.3, 0.4) is 0 Å². The third-order valence-electron chi connectivity index (χ3n) is 4.17. The second-order valence-electron chi connectivity index (χ2n) is 5.76. The molecule has 1 aliphatic rings. The molecule has 124 valence electrons. The molecule has 2 atom stereocenters. The molecule has 1 aliphatic heterocycles. The van der Waals surface area contributed by atoms with Crippen LogP contribution in [0, 0.1) is 5.92 Å². The van der Waals surface area contributed by atoms with Crippen molar-refractivity contribution in [2.24, 2.45) is 5.92 Å². The van der Waals surface area contributed by atoms with Crippen LogP contribution in [0.1, 0.15) is 52.9 Å². The number of aliphatic carboxylic acids is 1. The molecule has 0 spiro atoms. The summed E-state index contributed by atoms with van der Waals surface area (Å²) in [6.07, 6.45) is 3.66. The second kappa shape index (κ2) is 8.10. The van der Waals surface area contributed by atoms with Gasteiger partial charge in [-0.15, -0.1) is 0 Å². The van der Waals surface area contributed by atoms with E-state index in [1.807, 2.05) is 20.8 Å². The maximum absolute atomic E-state index is 12.8. The molecule has 1 heterocycles. The van der Waals surface area contributed by atoms with E-state index in [4.69, 9.17) is 5.11 Å². The minimum absolute atomic E-state index is 0.0632. The molecule has 1 rings (SSSR count). The van der Waals surface area contributed by atoms with Crippen LogP contribution in [0.4, 0.5) is 0 Å². The number of piperidine rings is 1. The average Bonchev–Trinajstić information content (AvgIpc) is 2.47. The number of carboxylic acids is 1. The maximum Gasteiger partial charge on any atom is 0.307 e. The standard InChI is InChI=1S/C14H28N2O4S/c1-4-6-10-16(12(3)5-2)21(19,20)15-9-7-8-13(11-15)14(17)18/h12-13H,4-11H2,1-3H3,(H,17,18). The first-order valence-corrected chi connectivity index (χ1v) is 9.24. The topological polar surface area (TPSA) is 77.9 Å². The molecule has 0 amide bonds. The van der Waals surface area contributed by atoms with Gasteiger partial charge in [0.05, 0.1) is 5.92 Å². The first kappa shape index (κ1) is 18.4. The normalized spacial score (nSPS) is 22.4. The molecule has 7 heteroatoms. The van der Waals surface area contributed by atoms with Crippen LogP contribution in [-0.2, 0) is 15.0 Å². The second-order valence-corrected chi connectivity index (χ2v) is 7.65. The summed E-state index contributed by atoms with van der Waals surface area (Å²) in [5, 5.41) is 9.12. The highest BCUT2D eigenvalue weighted by molar-refractivity contribution is 7.86. The van der Waals surface area contributed by atoms with E-state index < -0.39 is 22.1 Å². The van der Waals surface area contributed by atoms with Crippen molar-refractivity contribution in [3.05, 3.63) is 0 Å². The number of nitrogens with zero attached hydrogens (tertiary/aromatic N) is 2. The highest BCUT2D eigenvalue weighted by Gasteiger charge is 2.37. The molecule has 0 aromatic carbocycles. The zero-order chi connectivity index (χ0) is 16.0. The average molecular weight is 320 g/mol. The minimum atomic E-state index is -3.57. The van der Waals surface area contributed by atoms with Gasteiger partial charge in [-0.1, -0.05) is 20.3 Å². The van der Waals surface area contributed by atoms with Crippen LogP contribution in [0.2, 0.25) is 0 Å². The Morgan fingerprint density at radius 2 is 2.10 bits per heavy atom. The van der Waals surface area contributed by atoms with E-state index in [-0.39, 0.29) is 12.6 Å². The SMILES string of the molecule is CCCCN(C(C)CC)S(=O)(=O)N1CCCC(C(=O)O)C1. The van der Waals surface area contributed by atoms with Gasteiger partial charge >= 0.3 is 5.97 Å². The lowest BCUT2D eigenvalue weighted by Crippen LogP contribution is -2.51. The summed E-state index contributed by atoms with van der Waals surface area (Å²) in [5.74, 6) is -1.49. The Hall–Kier alpha value is -0.660. The molecular weight excluding hydrogens is 292 g/mol. The van der Waals surface area contributed by atoms with E-state index in [9.17, 15) is 13.2 Å². The number of rotatable bonds is 8. The lowest BCUT2D eigenvalue weighted by molar-refractivity contribution is -0.142. The lowest BCUT2D eigenvalue weighted by Gasteiger charge is -2.36. The molecule has 0 radical (unpaired) electrons. The minimum Gasteiger partial charge on any atom is -0.481 e. The number of unbranched alkanes of at least 4 members (excludes halogenated alkanes) is 1. The number of carboxylic acid groups (broad SMARTS) is 1. The van der Waals surface area contributed by atoms with Crippen molar-refractivity contribution in [2.75, 3.05) is 19.6 Å². The predicted octanol–water partition coefficient (Wildman–Crippen LogP) is 1.93. The van der Waals surface area contributed by atoms with E-state index in [0.29, 0.717) is 25.9 Å². The number of hydrogen-bond donors (Lipinski definition) is 1. The Balaban J connectivity index is 2.90. The highest BCUT2D eigenvalue weighted by atomic mass is 32.2. The van der Waals surface area contributed by atoms with Gasteiger partial charge in [0.2, 0.25) is 0 Å². The van der Waals surface area contributed by atoms with Gasteiger partial charge < -0.3 is 5.11 Å². The number of hydrogen-bond acceptors (Lipinski definition) is 3. The zero-order valence-corrected chi connectivity index (χ0v) is 14.1. The van der Waals surface area contributed by atoms with E-state index in [1.54, 1.807) is 4.31 Å². The summed E-state index contributed by atoms with van der Waals surface area (Å²) in [5.41, 5.74) is 0. The van der Waals surface area contributed by atoms with Crippen molar-refractivity contribution in [3.63, 3.8) is 0 Å². The van der Waals surface area contributed by atoms with Crippen molar-refractivity contribution in [1.29, 1.82) is 0 Å². The summed E-state index contributed by atoms with van der Waals surface area (Å²) in [7, 11) is -3.57. The zero-order valence-electron chi connectivity index (χ0n) is 13.3. The van der Waals surface area contributed by atoms with Crippen molar-refractivity contribution in [3.8, 4) is 0 Å². The highest BCUT2D eigenvalue weighted by Crippen LogP contribution is 2.23. The van der Waals surface area contributed by atoms with Crippen molar-refractivity contribution in [2.45, 2.75) is 58.9 Å². The molecule has 0 aliphatic carbocycles. The quantitative estimate of drug-likeness (QED) is 0.741. The molecule has 6 nitrogen and oxygen atoms in total. The van der Waals surface area contributed by atoms with Gasteiger partial charge in [0, 0.05) is 25.7 Å². The summed E-state index contributed by atoms with van der Waals surface area (Å²) >= 11 is 0. The monoisotopic (exact) mass is 320 g/mol. The molecular formula is C14H28N2O4S. The largest absolute Gasteiger partial charge is 0.481 e. The van der Waals surface area contributed by atoms with E-state index >= 15 is 0 Å². The van der Waals surface area contributed by atoms with Crippen molar-refractivity contribution >= 4 is 16.2 Å². The molecule has 0 saturated carbocycles. The molecule has 1 saturated heterocycles. The van der Waals surface area contributed by atoms with Gasteiger partial charge in [-0.3, -0.25) is 4.79 Å². The Morgan fingerprint density at radius 1 is 1.43 bits per heavy atom. The smallest absolute Gasteiger partial charge is 0.307 e. The molecule has 1 N–H and O–H groups in total. The third kappa shape index (κ3) is 4.66. The van der Waals surface area contributed by atoms with Crippen LogP contribution in [-0.4, -0.2) is 53.8 Å². The van der Waals surface area contributed by atoms with Crippen LogP contribution >= 0.6 is 0 Å². The van der Waals surface area contributed by atoms with E-state index in [1.165, 1.54) is 4.31 Å². The van der Waals surface area contributed by atoms with Crippen LogP contribution in [0.25, 0.3) is 0 Å². The van der Waals surface area contributed by atoms with Gasteiger partial charge in [-0.2, -0.15) is 17.0 Å². The Labute approximate surface area is 128 Å². The van der Waals surface area contributed by atoms with E-state index in [2.05, 4.69) is 0 Å².